The van der Waals surface area contributed by atoms with E-state index in [1.54, 1.807) is 18.2 Å². The zero-order valence-electron chi connectivity index (χ0n) is 13.9. The SMILES string of the molecule is COc1cc(COC(=O)/C=C/c2ccccc2)cc(OC)c1OC. The Morgan fingerprint density at radius 2 is 1.58 bits per heavy atom. The van der Waals surface area contributed by atoms with Gasteiger partial charge in [0.25, 0.3) is 0 Å². The summed E-state index contributed by atoms with van der Waals surface area (Å²) in [6.07, 6.45) is 3.10. The van der Waals surface area contributed by atoms with Crippen LogP contribution < -0.4 is 14.2 Å². The van der Waals surface area contributed by atoms with Crippen molar-refractivity contribution in [2.45, 2.75) is 6.61 Å². The number of hydrogen-bond acceptors (Lipinski definition) is 5. The van der Waals surface area contributed by atoms with Crippen molar-refractivity contribution in [3.63, 3.8) is 0 Å². The fraction of sp³-hybridized carbons (Fsp3) is 0.211. The van der Waals surface area contributed by atoms with Gasteiger partial charge in [0.15, 0.2) is 11.5 Å². The Labute approximate surface area is 141 Å². The maximum absolute atomic E-state index is 11.8. The highest BCUT2D eigenvalue weighted by Crippen LogP contribution is 2.38. The predicted molar refractivity (Wildman–Crippen MR) is 91.4 cm³/mol. The minimum absolute atomic E-state index is 0.106. The van der Waals surface area contributed by atoms with Crippen LogP contribution in [0.2, 0.25) is 0 Å². The van der Waals surface area contributed by atoms with Crippen molar-refractivity contribution in [3.8, 4) is 17.2 Å². The molecule has 0 atom stereocenters. The van der Waals surface area contributed by atoms with Gasteiger partial charge >= 0.3 is 5.97 Å². The molecular weight excluding hydrogens is 308 g/mol. The van der Waals surface area contributed by atoms with Gasteiger partial charge in [-0.05, 0) is 29.3 Å². The number of methoxy groups -OCH3 is 3. The van der Waals surface area contributed by atoms with Crippen LogP contribution in [0, 0.1) is 0 Å². The third kappa shape index (κ3) is 4.52. The molecule has 0 radical (unpaired) electrons. The van der Waals surface area contributed by atoms with Crippen molar-refractivity contribution >= 4 is 12.0 Å². The molecule has 0 aromatic heterocycles. The fourth-order valence-corrected chi connectivity index (χ4v) is 2.15. The number of esters is 1. The zero-order chi connectivity index (χ0) is 17.4. The standard InChI is InChI=1S/C19H20O5/c1-21-16-11-15(12-17(22-2)19(16)23-3)13-24-18(20)10-9-14-7-5-4-6-8-14/h4-12H,13H2,1-3H3/b10-9+. The van der Waals surface area contributed by atoms with E-state index in [2.05, 4.69) is 0 Å². The van der Waals surface area contributed by atoms with Gasteiger partial charge in [-0.1, -0.05) is 30.3 Å². The summed E-state index contributed by atoms with van der Waals surface area (Å²) in [5.74, 6) is 1.11. The van der Waals surface area contributed by atoms with E-state index >= 15 is 0 Å². The van der Waals surface area contributed by atoms with Crippen molar-refractivity contribution in [1.82, 2.24) is 0 Å². The Balaban J connectivity index is 2.03. The molecule has 0 N–H and O–H groups in total. The van der Waals surface area contributed by atoms with Crippen molar-refractivity contribution in [1.29, 1.82) is 0 Å². The molecule has 5 heteroatoms. The van der Waals surface area contributed by atoms with Crippen molar-refractivity contribution in [2.24, 2.45) is 0 Å². The topological polar surface area (TPSA) is 54.0 Å². The first kappa shape index (κ1) is 17.4. The average Bonchev–Trinajstić information content (AvgIpc) is 2.64. The lowest BCUT2D eigenvalue weighted by Crippen LogP contribution is -2.02. The van der Waals surface area contributed by atoms with Crippen LogP contribution in [0.25, 0.3) is 6.08 Å². The van der Waals surface area contributed by atoms with E-state index in [1.165, 1.54) is 27.4 Å². The van der Waals surface area contributed by atoms with Gasteiger partial charge in [0.2, 0.25) is 5.75 Å². The Kier molecular flexibility index (Phi) is 6.25. The van der Waals surface area contributed by atoms with Crippen LogP contribution >= 0.6 is 0 Å². The summed E-state index contributed by atoms with van der Waals surface area (Å²) in [5, 5.41) is 0. The molecular formula is C19H20O5. The quantitative estimate of drug-likeness (QED) is 0.575. The second-order valence-electron chi connectivity index (χ2n) is 4.89. The molecule has 0 saturated carbocycles. The van der Waals surface area contributed by atoms with Crippen LogP contribution in [0.15, 0.2) is 48.5 Å². The third-order valence-corrected chi connectivity index (χ3v) is 3.32. The molecule has 0 aliphatic rings. The summed E-state index contributed by atoms with van der Waals surface area (Å²) in [6.45, 7) is 0.106. The van der Waals surface area contributed by atoms with Crippen LogP contribution in [0.3, 0.4) is 0 Å². The Morgan fingerprint density at radius 1 is 0.958 bits per heavy atom. The highest BCUT2D eigenvalue weighted by molar-refractivity contribution is 5.87. The lowest BCUT2D eigenvalue weighted by atomic mass is 10.2. The summed E-state index contributed by atoms with van der Waals surface area (Å²) >= 11 is 0. The monoisotopic (exact) mass is 328 g/mol. The molecule has 24 heavy (non-hydrogen) atoms. The van der Waals surface area contributed by atoms with Gasteiger partial charge in [0, 0.05) is 6.08 Å². The van der Waals surface area contributed by atoms with E-state index in [0.29, 0.717) is 17.2 Å². The number of hydrogen-bond donors (Lipinski definition) is 0. The number of carbonyl (C=O) groups excluding carboxylic acids is 1. The van der Waals surface area contributed by atoms with Crippen LogP contribution in [0.4, 0.5) is 0 Å². The number of carbonyl (C=O) groups is 1. The maximum Gasteiger partial charge on any atom is 0.331 e. The molecule has 2 rings (SSSR count). The normalized spacial score (nSPS) is 10.5. The molecule has 0 heterocycles. The highest BCUT2D eigenvalue weighted by atomic mass is 16.5. The van der Waals surface area contributed by atoms with E-state index in [0.717, 1.165) is 11.1 Å². The summed E-state index contributed by atoms with van der Waals surface area (Å²) < 4.78 is 21.0. The van der Waals surface area contributed by atoms with Crippen LogP contribution in [-0.4, -0.2) is 27.3 Å². The predicted octanol–water partition coefficient (Wildman–Crippen LogP) is 3.47. The number of ether oxygens (including phenoxy) is 4. The number of benzene rings is 2. The minimum atomic E-state index is -0.424. The first-order chi connectivity index (χ1) is 11.7. The highest BCUT2D eigenvalue weighted by Gasteiger charge is 2.13. The Bertz CT molecular complexity index is 682. The molecule has 0 unspecified atom stereocenters. The van der Waals surface area contributed by atoms with Crippen molar-refractivity contribution < 1.29 is 23.7 Å². The van der Waals surface area contributed by atoms with Crippen LogP contribution in [0.1, 0.15) is 11.1 Å². The summed E-state index contributed by atoms with van der Waals surface area (Å²) in [6, 6.07) is 13.0. The van der Waals surface area contributed by atoms with Gasteiger partial charge in [0.1, 0.15) is 6.61 Å². The van der Waals surface area contributed by atoms with Gasteiger partial charge < -0.3 is 18.9 Å². The van der Waals surface area contributed by atoms with E-state index < -0.39 is 5.97 Å². The molecule has 0 fully saturated rings. The molecule has 126 valence electrons. The van der Waals surface area contributed by atoms with Gasteiger partial charge in [-0.25, -0.2) is 4.79 Å². The first-order valence-corrected chi connectivity index (χ1v) is 7.36. The average molecular weight is 328 g/mol. The second kappa shape index (κ2) is 8.62. The van der Waals surface area contributed by atoms with Crippen LogP contribution in [-0.2, 0) is 16.1 Å². The Hall–Kier alpha value is -2.95. The van der Waals surface area contributed by atoms with Crippen molar-refractivity contribution in [2.75, 3.05) is 21.3 Å². The van der Waals surface area contributed by atoms with Gasteiger partial charge in [-0.15, -0.1) is 0 Å². The van der Waals surface area contributed by atoms with E-state index in [-0.39, 0.29) is 6.61 Å². The molecule has 2 aromatic carbocycles. The largest absolute Gasteiger partial charge is 0.493 e. The van der Waals surface area contributed by atoms with Gasteiger partial charge in [0.05, 0.1) is 21.3 Å². The molecule has 0 amide bonds. The molecule has 0 saturated heterocycles. The first-order valence-electron chi connectivity index (χ1n) is 7.36. The van der Waals surface area contributed by atoms with Crippen molar-refractivity contribution in [3.05, 3.63) is 59.7 Å². The lowest BCUT2D eigenvalue weighted by Gasteiger charge is -2.14. The molecule has 2 aromatic rings. The van der Waals surface area contributed by atoms with Gasteiger partial charge in [-0.2, -0.15) is 0 Å². The van der Waals surface area contributed by atoms with Crippen LogP contribution in [0.5, 0.6) is 17.2 Å². The Morgan fingerprint density at radius 3 is 2.12 bits per heavy atom. The number of rotatable bonds is 7. The smallest absolute Gasteiger partial charge is 0.331 e. The van der Waals surface area contributed by atoms with E-state index in [9.17, 15) is 4.79 Å². The molecule has 5 nitrogen and oxygen atoms in total. The summed E-state index contributed by atoms with van der Waals surface area (Å²) in [5.41, 5.74) is 1.67. The maximum atomic E-state index is 11.8. The van der Waals surface area contributed by atoms with E-state index in [1.807, 2.05) is 30.3 Å². The fourth-order valence-electron chi connectivity index (χ4n) is 2.15. The second-order valence-corrected chi connectivity index (χ2v) is 4.89. The summed E-state index contributed by atoms with van der Waals surface area (Å²) in [7, 11) is 4.61. The molecule has 0 aliphatic carbocycles. The van der Waals surface area contributed by atoms with E-state index in [4.69, 9.17) is 18.9 Å². The lowest BCUT2D eigenvalue weighted by molar-refractivity contribution is -0.138. The molecule has 0 bridgehead atoms. The minimum Gasteiger partial charge on any atom is -0.493 e. The molecule has 0 aliphatic heterocycles. The zero-order valence-corrected chi connectivity index (χ0v) is 13.9. The molecule has 0 spiro atoms. The van der Waals surface area contributed by atoms with Gasteiger partial charge in [-0.3, -0.25) is 0 Å². The summed E-state index contributed by atoms with van der Waals surface area (Å²) in [4.78, 5) is 11.8. The third-order valence-electron chi connectivity index (χ3n) is 3.32.